The molecule has 5 nitrogen and oxygen atoms in total. The monoisotopic (exact) mass is 270 g/mol. The average molecular weight is 270 g/mol. The van der Waals surface area contributed by atoms with E-state index < -0.39 is 6.03 Å². The Labute approximate surface area is 118 Å². The number of nitrogens with two attached hydrogens (primary N) is 3. The number of hydrogen-bond acceptors (Lipinski definition) is 3. The maximum absolute atomic E-state index is 9.60. The van der Waals surface area contributed by atoms with Crippen molar-refractivity contribution in [2.24, 2.45) is 17.4 Å². The Morgan fingerprint density at radius 3 is 1.35 bits per heavy atom. The first-order chi connectivity index (χ1) is 9.59. The van der Waals surface area contributed by atoms with E-state index in [-0.39, 0.29) is 0 Å². The minimum absolute atomic E-state index is 0.306. The lowest BCUT2D eigenvalue weighted by Gasteiger charge is -2.00. The molecule has 2 aromatic carbocycles. The maximum Gasteiger partial charge on any atom is 0.343 e. The molecule has 6 N–H and O–H groups in total. The fourth-order valence-electron chi connectivity index (χ4n) is 1.32. The molecule has 0 atom stereocenters. The van der Waals surface area contributed by atoms with Gasteiger partial charge in [0.2, 0.25) is 0 Å². The highest BCUT2D eigenvalue weighted by atomic mass is 16.2. The number of hydrogen-bond donors (Lipinski definition) is 3. The Hall–Kier alpha value is -2.63. The standard InChI is InChI=1S/C14H12.CH6N4O/c1-3-7-13(8-4-1)11-12-14-9-5-2-6-10-14;2-1(6)5(3)4/h1-12H;3-4H2,(H2,2,6). The van der Waals surface area contributed by atoms with E-state index in [1.165, 1.54) is 11.1 Å². The van der Waals surface area contributed by atoms with Crippen molar-refractivity contribution in [1.29, 1.82) is 0 Å². The molecule has 0 aliphatic carbocycles. The number of primary amides is 1. The first-order valence-electron chi connectivity index (χ1n) is 5.96. The highest BCUT2D eigenvalue weighted by Gasteiger charge is 1.90. The SMILES string of the molecule is C(=Cc1ccccc1)c1ccccc1.NC(=O)N(N)N. The summed E-state index contributed by atoms with van der Waals surface area (Å²) in [5, 5.41) is 0.306. The Balaban J connectivity index is 0.000000286. The molecule has 0 spiro atoms. The van der Waals surface area contributed by atoms with E-state index in [1.54, 1.807) is 0 Å². The lowest BCUT2D eigenvalue weighted by atomic mass is 10.1. The molecule has 0 saturated heterocycles. The van der Waals surface area contributed by atoms with Crippen LogP contribution in [-0.4, -0.2) is 11.1 Å². The van der Waals surface area contributed by atoms with Crippen LogP contribution in [0.4, 0.5) is 4.79 Å². The van der Waals surface area contributed by atoms with Crippen LogP contribution in [-0.2, 0) is 0 Å². The van der Waals surface area contributed by atoms with E-state index in [9.17, 15) is 4.79 Å². The highest BCUT2D eigenvalue weighted by molar-refractivity contribution is 5.70. The summed E-state index contributed by atoms with van der Waals surface area (Å²) in [4.78, 5) is 9.60. The molecule has 2 amide bonds. The molecule has 0 aliphatic rings. The molecule has 0 unspecified atom stereocenters. The summed E-state index contributed by atoms with van der Waals surface area (Å²) in [6.07, 6.45) is 4.24. The minimum atomic E-state index is -0.852. The predicted molar refractivity (Wildman–Crippen MR) is 81.6 cm³/mol. The highest BCUT2D eigenvalue weighted by Crippen LogP contribution is 2.06. The quantitative estimate of drug-likeness (QED) is 0.337. The van der Waals surface area contributed by atoms with Gasteiger partial charge in [-0.05, 0) is 11.1 Å². The van der Waals surface area contributed by atoms with Crippen LogP contribution in [0.1, 0.15) is 11.1 Å². The van der Waals surface area contributed by atoms with Gasteiger partial charge in [-0.2, -0.15) is 5.12 Å². The van der Waals surface area contributed by atoms with E-state index in [1.807, 2.05) is 36.4 Å². The van der Waals surface area contributed by atoms with Crippen molar-refractivity contribution >= 4 is 18.2 Å². The Morgan fingerprint density at radius 1 is 0.800 bits per heavy atom. The third kappa shape index (κ3) is 6.34. The number of urea groups is 1. The van der Waals surface area contributed by atoms with Crippen LogP contribution >= 0.6 is 0 Å². The average Bonchev–Trinajstić information content (AvgIpc) is 2.48. The van der Waals surface area contributed by atoms with Gasteiger partial charge in [-0.1, -0.05) is 72.8 Å². The third-order valence-electron chi connectivity index (χ3n) is 2.32. The fraction of sp³-hybridized carbons (Fsp3) is 0. The summed E-state index contributed by atoms with van der Waals surface area (Å²) in [5.74, 6) is 9.14. The molecule has 0 aromatic heterocycles. The van der Waals surface area contributed by atoms with Gasteiger partial charge in [0.25, 0.3) is 0 Å². The number of benzene rings is 2. The first-order valence-corrected chi connectivity index (χ1v) is 5.96. The van der Waals surface area contributed by atoms with Crippen LogP contribution in [0.15, 0.2) is 60.7 Å². The van der Waals surface area contributed by atoms with Crippen LogP contribution in [0.25, 0.3) is 12.2 Å². The zero-order valence-electron chi connectivity index (χ0n) is 11.0. The summed E-state index contributed by atoms with van der Waals surface area (Å²) in [5.41, 5.74) is 6.94. The van der Waals surface area contributed by atoms with Gasteiger partial charge < -0.3 is 5.73 Å². The molecular weight excluding hydrogens is 252 g/mol. The smallest absolute Gasteiger partial charge is 0.343 e. The van der Waals surface area contributed by atoms with E-state index in [0.29, 0.717) is 5.12 Å². The Kier molecular flexibility index (Phi) is 6.53. The van der Waals surface area contributed by atoms with Gasteiger partial charge in [-0.25, -0.2) is 16.5 Å². The van der Waals surface area contributed by atoms with Crippen molar-refractivity contribution in [1.82, 2.24) is 5.12 Å². The summed E-state index contributed by atoms with van der Waals surface area (Å²) < 4.78 is 0. The van der Waals surface area contributed by atoms with Gasteiger partial charge in [-0.15, -0.1) is 0 Å². The van der Waals surface area contributed by atoms with Crippen LogP contribution in [0.5, 0.6) is 0 Å². The molecular formula is C15H18N4O. The Bertz CT molecular complexity index is 497. The molecule has 5 heteroatoms. The molecule has 2 rings (SSSR count). The predicted octanol–water partition coefficient (Wildman–Crippen LogP) is 1.97. The van der Waals surface area contributed by atoms with Crippen molar-refractivity contribution in [3.8, 4) is 0 Å². The maximum atomic E-state index is 9.60. The summed E-state index contributed by atoms with van der Waals surface area (Å²) in [6.45, 7) is 0. The molecule has 0 aliphatic heterocycles. The largest absolute Gasteiger partial charge is 0.349 e. The van der Waals surface area contributed by atoms with Crippen molar-refractivity contribution in [2.75, 3.05) is 0 Å². The van der Waals surface area contributed by atoms with Gasteiger partial charge in [0.05, 0.1) is 0 Å². The summed E-state index contributed by atoms with van der Waals surface area (Å²) in [6, 6.07) is 19.8. The van der Waals surface area contributed by atoms with Gasteiger partial charge in [0.1, 0.15) is 0 Å². The van der Waals surface area contributed by atoms with Crippen molar-refractivity contribution in [2.45, 2.75) is 0 Å². The molecule has 0 bridgehead atoms. The second-order valence-corrected chi connectivity index (χ2v) is 3.90. The van der Waals surface area contributed by atoms with Crippen LogP contribution in [0.2, 0.25) is 0 Å². The lowest BCUT2D eigenvalue weighted by molar-refractivity contribution is 0.210. The normalized spacial score (nSPS) is 9.70. The molecule has 104 valence electrons. The second kappa shape index (κ2) is 8.47. The third-order valence-corrected chi connectivity index (χ3v) is 2.32. The van der Waals surface area contributed by atoms with Crippen LogP contribution < -0.4 is 17.4 Å². The van der Waals surface area contributed by atoms with E-state index in [2.05, 4.69) is 53.8 Å². The number of rotatable bonds is 2. The van der Waals surface area contributed by atoms with Crippen LogP contribution in [0.3, 0.4) is 0 Å². The lowest BCUT2D eigenvalue weighted by Crippen LogP contribution is -2.46. The zero-order chi connectivity index (χ0) is 14.8. The van der Waals surface area contributed by atoms with Gasteiger partial charge in [-0.3, -0.25) is 0 Å². The number of carbonyl (C=O) groups excluding carboxylic acids is 1. The number of nitrogens with zero attached hydrogens (tertiary/aromatic N) is 1. The molecule has 20 heavy (non-hydrogen) atoms. The summed E-state index contributed by atoms with van der Waals surface area (Å²) in [7, 11) is 0. The fourth-order valence-corrected chi connectivity index (χ4v) is 1.32. The van der Waals surface area contributed by atoms with Crippen LogP contribution in [0, 0.1) is 0 Å². The van der Waals surface area contributed by atoms with Gasteiger partial charge in [0.15, 0.2) is 0 Å². The number of hydrazine groups is 2. The molecule has 0 radical (unpaired) electrons. The summed E-state index contributed by atoms with van der Waals surface area (Å²) >= 11 is 0. The van der Waals surface area contributed by atoms with Crippen molar-refractivity contribution in [3.05, 3.63) is 71.8 Å². The minimum Gasteiger partial charge on any atom is -0.349 e. The van der Waals surface area contributed by atoms with E-state index >= 15 is 0 Å². The second-order valence-electron chi connectivity index (χ2n) is 3.90. The van der Waals surface area contributed by atoms with Crippen molar-refractivity contribution < 1.29 is 4.79 Å². The zero-order valence-corrected chi connectivity index (χ0v) is 11.0. The van der Waals surface area contributed by atoms with E-state index in [4.69, 9.17) is 0 Å². The molecule has 2 aromatic rings. The number of amides is 2. The van der Waals surface area contributed by atoms with Gasteiger partial charge in [0, 0.05) is 0 Å². The molecule has 0 heterocycles. The first kappa shape index (κ1) is 15.4. The van der Waals surface area contributed by atoms with Gasteiger partial charge >= 0.3 is 6.03 Å². The molecule has 0 saturated carbocycles. The number of carbonyl (C=O) groups is 1. The van der Waals surface area contributed by atoms with E-state index in [0.717, 1.165) is 0 Å². The Morgan fingerprint density at radius 2 is 1.10 bits per heavy atom. The molecule has 0 fully saturated rings. The topological polar surface area (TPSA) is 98.4 Å². The van der Waals surface area contributed by atoms with Crippen molar-refractivity contribution in [3.63, 3.8) is 0 Å².